The van der Waals surface area contributed by atoms with Gasteiger partial charge in [-0.15, -0.1) is 0 Å². The SMILES string of the molecule is CN(C)S[S][Zn]. The van der Waals surface area contributed by atoms with Gasteiger partial charge in [-0.1, -0.05) is 0 Å². The Hall–Kier alpha value is 1.28. The molecule has 0 fully saturated rings. The molecule has 0 N–H and O–H groups in total. The molecular weight excluding hydrogens is 168 g/mol. The summed E-state index contributed by atoms with van der Waals surface area (Å²) in [6, 6.07) is 0. The Labute approximate surface area is 55.3 Å². The zero-order valence-corrected chi connectivity index (χ0v) is 8.57. The van der Waals surface area contributed by atoms with E-state index >= 15 is 0 Å². The second-order valence-corrected chi connectivity index (χ2v) is 7.72. The number of nitrogens with zero attached hydrogens (tertiary/aromatic N) is 1. The van der Waals surface area contributed by atoms with E-state index in [-0.39, 0.29) is 0 Å². The Morgan fingerprint density at radius 2 is 2.00 bits per heavy atom. The molecule has 0 aromatic carbocycles. The fourth-order valence-electron chi connectivity index (χ4n) is 0.105. The average molecular weight is 174 g/mol. The zero-order valence-electron chi connectivity index (χ0n) is 3.97. The maximum absolute atomic E-state index is 2.09. The van der Waals surface area contributed by atoms with Crippen molar-refractivity contribution >= 4 is 19.8 Å². The van der Waals surface area contributed by atoms with Crippen molar-refractivity contribution in [2.45, 2.75) is 0 Å². The van der Waals surface area contributed by atoms with Crippen LogP contribution in [-0.2, 0) is 17.1 Å². The molecule has 0 unspecified atom stereocenters. The van der Waals surface area contributed by atoms with E-state index in [1.54, 1.807) is 11.0 Å². The van der Waals surface area contributed by atoms with Crippen LogP contribution in [0.4, 0.5) is 0 Å². The predicted octanol–water partition coefficient (Wildman–Crippen LogP) is 1.31. The molecule has 1 nitrogen and oxygen atoms in total. The van der Waals surface area contributed by atoms with Gasteiger partial charge < -0.3 is 0 Å². The molecule has 0 rings (SSSR count). The summed E-state index contributed by atoms with van der Waals surface area (Å²) in [5.74, 6) is 0. The van der Waals surface area contributed by atoms with Gasteiger partial charge in [0.1, 0.15) is 0 Å². The molecule has 0 aliphatic carbocycles. The molecule has 0 amide bonds. The minimum atomic E-state index is 1.31. The third-order valence-electron chi connectivity index (χ3n) is 0.202. The molecule has 0 spiro atoms. The van der Waals surface area contributed by atoms with Crippen molar-refractivity contribution in [3.8, 4) is 0 Å². The summed E-state index contributed by atoms with van der Waals surface area (Å²) in [5.41, 5.74) is 0. The van der Waals surface area contributed by atoms with Gasteiger partial charge in [0, 0.05) is 0 Å². The molecule has 0 aromatic rings. The van der Waals surface area contributed by atoms with Gasteiger partial charge in [-0.05, 0) is 0 Å². The van der Waals surface area contributed by atoms with E-state index < -0.39 is 0 Å². The summed E-state index contributed by atoms with van der Waals surface area (Å²) >= 11 is 1.31. The third-order valence-corrected chi connectivity index (χ3v) is 3.81. The molecule has 0 bridgehead atoms. The zero-order chi connectivity index (χ0) is 4.99. The maximum atomic E-state index is 2.09. The fraction of sp³-hybridized carbons (Fsp3) is 1.00. The van der Waals surface area contributed by atoms with Crippen molar-refractivity contribution in [1.29, 1.82) is 0 Å². The Morgan fingerprint density at radius 1 is 1.50 bits per heavy atom. The Kier molecular flexibility index (Phi) is 5.39. The standard InChI is InChI=1S/C2H7NS2.Zn/c1-3(2)5-4;/h4H,1-2H3;/q;+1/p-1. The Balaban J connectivity index is 2.63. The normalized spacial score (nSPS) is 10.2. The van der Waals surface area contributed by atoms with Crippen LogP contribution in [0.1, 0.15) is 0 Å². The van der Waals surface area contributed by atoms with Gasteiger partial charge in [-0.3, -0.25) is 0 Å². The van der Waals surface area contributed by atoms with Gasteiger partial charge in [-0.25, -0.2) is 0 Å². The third kappa shape index (κ3) is 5.28. The van der Waals surface area contributed by atoms with E-state index in [1.807, 2.05) is 22.9 Å². The van der Waals surface area contributed by atoms with Gasteiger partial charge >= 0.3 is 55.3 Å². The van der Waals surface area contributed by atoms with Crippen LogP contribution in [0.25, 0.3) is 0 Å². The topological polar surface area (TPSA) is 3.24 Å². The van der Waals surface area contributed by atoms with E-state index in [1.165, 1.54) is 17.1 Å². The number of hydrogen-bond donors (Lipinski definition) is 0. The van der Waals surface area contributed by atoms with Crippen LogP contribution in [-0.4, -0.2) is 18.4 Å². The Morgan fingerprint density at radius 3 is 2.00 bits per heavy atom. The van der Waals surface area contributed by atoms with Crippen LogP contribution in [0.5, 0.6) is 0 Å². The van der Waals surface area contributed by atoms with Gasteiger partial charge in [0.25, 0.3) is 0 Å². The summed E-state index contributed by atoms with van der Waals surface area (Å²) in [7, 11) is 7.77. The van der Waals surface area contributed by atoms with Crippen molar-refractivity contribution in [3.63, 3.8) is 0 Å². The molecule has 0 saturated heterocycles. The number of hydrogen-bond acceptors (Lipinski definition) is 3. The Bertz CT molecular complexity index is 32.7. The van der Waals surface area contributed by atoms with Gasteiger partial charge in [0.15, 0.2) is 0 Å². The first-order valence-corrected chi connectivity index (χ1v) is 7.44. The summed E-state index contributed by atoms with van der Waals surface area (Å²) in [4.78, 5) is 0. The van der Waals surface area contributed by atoms with Gasteiger partial charge in [0.05, 0.1) is 0 Å². The first kappa shape index (κ1) is 7.28. The van der Waals surface area contributed by atoms with E-state index in [2.05, 4.69) is 4.31 Å². The first-order valence-electron chi connectivity index (χ1n) is 1.53. The van der Waals surface area contributed by atoms with E-state index in [4.69, 9.17) is 0 Å². The molecule has 0 saturated carbocycles. The monoisotopic (exact) mass is 172 g/mol. The van der Waals surface area contributed by atoms with Crippen LogP contribution >= 0.6 is 19.8 Å². The summed E-state index contributed by atoms with van der Waals surface area (Å²) in [6.45, 7) is 0. The molecule has 0 radical (unpaired) electrons. The first-order chi connectivity index (χ1) is 2.77. The molecule has 0 aromatic heterocycles. The van der Waals surface area contributed by atoms with Crippen LogP contribution in [0.2, 0.25) is 0 Å². The van der Waals surface area contributed by atoms with Gasteiger partial charge in [0.2, 0.25) is 0 Å². The predicted molar refractivity (Wildman–Crippen MR) is 28.9 cm³/mol. The summed E-state index contributed by atoms with van der Waals surface area (Å²) in [5, 5.41) is 0. The van der Waals surface area contributed by atoms with E-state index in [0.717, 1.165) is 0 Å². The molecule has 0 aliphatic rings. The molecular formula is C2H6NS2Zn. The summed E-state index contributed by atoms with van der Waals surface area (Å²) < 4.78 is 2.09. The summed E-state index contributed by atoms with van der Waals surface area (Å²) in [6.07, 6.45) is 0. The van der Waals surface area contributed by atoms with E-state index in [0.29, 0.717) is 0 Å². The van der Waals surface area contributed by atoms with Crippen LogP contribution < -0.4 is 0 Å². The van der Waals surface area contributed by atoms with Crippen LogP contribution in [0.3, 0.4) is 0 Å². The van der Waals surface area contributed by atoms with Crippen molar-refractivity contribution in [3.05, 3.63) is 0 Å². The molecule has 33 valence electrons. The molecule has 6 heavy (non-hydrogen) atoms. The van der Waals surface area contributed by atoms with Crippen molar-refractivity contribution < 1.29 is 17.1 Å². The molecule has 0 atom stereocenters. The molecule has 4 heteroatoms. The number of rotatable bonds is 2. The van der Waals surface area contributed by atoms with Crippen molar-refractivity contribution in [2.24, 2.45) is 0 Å². The van der Waals surface area contributed by atoms with Crippen molar-refractivity contribution in [1.82, 2.24) is 4.31 Å². The van der Waals surface area contributed by atoms with Crippen LogP contribution in [0, 0.1) is 0 Å². The second kappa shape index (κ2) is 4.44. The van der Waals surface area contributed by atoms with E-state index in [9.17, 15) is 0 Å². The van der Waals surface area contributed by atoms with Gasteiger partial charge in [-0.2, -0.15) is 0 Å². The van der Waals surface area contributed by atoms with Crippen molar-refractivity contribution in [2.75, 3.05) is 14.1 Å². The molecule has 0 heterocycles. The average Bonchev–Trinajstić information content (AvgIpc) is 1.35. The second-order valence-electron chi connectivity index (χ2n) is 1.00. The quantitative estimate of drug-likeness (QED) is 0.352. The minimum absolute atomic E-state index is 1.31. The van der Waals surface area contributed by atoms with Crippen LogP contribution in [0.15, 0.2) is 0 Å². The fourth-order valence-corrected chi connectivity index (χ4v) is 4.93. The molecule has 0 aliphatic heterocycles.